The molecule has 1 heterocycles. The van der Waals surface area contributed by atoms with Crippen molar-refractivity contribution in [2.45, 2.75) is 18.9 Å². The van der Waals surface area contributed by atoms with Crippen LogP contribution in [0.5, 0.6) is 0 Å². The van der Waals surface area contributed by atoms with Crippen molar-refractivity contribution in [3.05, 3.63) is 29.3 Å². The number of nitrogens with one attached hydrogen (secondary N) is 2. The molecule has 0 aliphatic carbocycles. The molecule has 0 radical (unpaired) electrons. The average Bonchev–Trinajstić information content (AvgIpc) is 2.37. The van der Waals surface area contributed by atoms with Crippen molar-refractivity contribution in [2.24, 2.45) is 5.84 Å². The first-order valence-electron chi connectivity index (χ1n) is 6.29. The number of rotatable bonds is 3. The summed E-state index contributed by atoms with van der Waals surface area (Å²) in [5.41, 5.74) is 1.10. The van der Waals surface area contributed by atoms with Gasteiger partial charge in [-0.1, -0.05) is 0 Å². The van der Waals surface area contributed by atoms with E-state index < -0.39 is 39.1 Å². The number of anilines is 1. The second-order valence-corrected chi connectivity index (χ2v) is 7.11. The van der Waals surface area contributed by atoms with E-state index in [2.05, 4.69) is 5.32 Å². The number of hydrazine groups is 1. The predicted octanol–water partition coefficient (Wildman–Crippen LogP) is 0.557. The van der Waals surface area contributed by atoms with Crippen LogP contribution in [0, 0.1) is 11.6 Å². The monoisotopic (exact) mass is 319 g/mol. The van der Waals surface area contributed by atoms with Gasteiger partial charge in [-0.3, -0.25) is 10.6 Å². The molecule has 0 spiro atoms. The zero-order valence-electron chi connectivity index (χ0n) is 11.0. The van der Waals surface area contributed by atoms with Gasteiger partial charge in [-0.05, 0) is 25.0 Å². The van der Waals surface area contributed by atoms with Crippen molar-refractivity contribution in [3.8, 4) is 0 Å². The lowest BCUT2D eigenvalue weighted by atomic mass is 10.1. The number of amides is 1. The Kier molecular flexibility index (Phi) is 4.43. The van der Waals surface area contributed by atoms with Gasteiger partial charge in [0.15, 0.2) is 21.5 Å². The van der Waals surface area contributed by atoms with E-state index in [1.165, 1.54) is 0 Å². The Bertz CT molecular complexity index is 641. The molecular formula is C12H15F2N3O3S. The van der Waals surface area contributed by atoms with Gasteiger partial charge in [0.1, 0.15) is 5.69 Å². The quantitative estimate of drug-likeness (QED) is 0.558. The van der Waals surface area contributed by atoms with Crippen molar-refractivity contribution >= 4 is 21.4 Å². The number of sulfone groups is 1. The van der Waals surface area contributed by atoms with Gasteiger partial charge in [-0.2, -0.15) is 0 Å². The number of halogens is 2. The van der Waals surface area contributed by atoms with E-state index >= 15 is 0 Å². The molecule has 6 nitrogen and oxygen atoms in total. The van der Waals surface area contributed by atoms with Crippen LogP contribution in [-0.2, 0) is 9.84 Å². The van der Waals surface area contributed by atoms with Crippen LogP contribution in [0.25, 0.3) is 0 Å². The standard InChI is InChI=1S/C12H15F2N3O3S/c13-9-4-7(5-10(14)11(9)17-15)12(18)16-8-2-1-3-21(19,20)6-8/h4-5,8,17H,1-3,6,15H2,(H,16,18). The maximum atomic E-state index is 13.5. The number of nitrogen functional groups attached to an aromatic ring is 1. The van der Waals surface area contributed by atoms with E-state index in [1.54, 1.807) is 0 Å². The van der Waals surface area contributed by atoms with Gasteiger partial charge in [0.2, 0.25) is 0 Å². The van der Waals surface area contributed by atoms with E-state index in [1.807, 2.05) is 5.43 Å². The molecule has 1 fully saturated rings. The molecule has 2 rings (SSSR count). The first-order chi connectivity index (χ1) is 9.82. The van der Waals surface area contributed by atoms with E-state index in [9.17, 15) is 22.0 Å². The van der Waals surface area contributed by atoms with Crippen LogP contribution in [0.2, 0.25) is 0 Å². The SMILES string of the molecule is NNc1c(F)cc(C(=O)NC2CCCS(=O)(=O)C2)cc1F. The van der Waals surface area contributed by atoms with Crippen LogP contribution < -0.4 is 16.6 Å². The highest BCUT2D eigenvalue weighted by atomic mass is 32.2. The summed E-state index contributed by atoms with van der Waals surface area (Å²) in [6.07, 6.45) is 0.963. The van der Waals surface area contributed by atoms with Gasteiger partial charge in [0.25, 0.3) is 5.91 Å². The van der Waals surface area contributed by atoms with Crippen LogP contribution in [0.3, 0.4) is 0 Å². The lowest BCUT2D eigenvalue weighted by molar-refractivity contribution is 0.0937. The first-order valence-corrected chi connectivity index (χ1v) is 8.11. The molecule has 1 aromatic rings. The van der Waals surface area contributed by atoms with Crippen molar-refractivity contribution in [3.63, 3.8) is 0 Å². The molecule has 116 valence electrons. The van der Waals surface area contributed by atoms with E-state index in [0.29, 0.717) is 12.8 Å². The summed E-state index contributed by atoms with van der Waals surface area (Å²) >= 11 is 0. The molecular weight excluding hydrogens is 304 g/mol. The summed E-state index contributed by atoms with van der Waals surface area (Å²) in [7, 11) is -3.18. The fraction of sp³-hybridized carbons (Fsp3) is 0.417. The maximum absolute atomic E-state index is 13.5. The molecule has 0 saturated carbocycles. The fourth-order valence-electron chi connectivity index (χ4n) is 2.25. The van der Waals surface area contributed by atoms with Crippen LogP contribution in [0.4, 0.5) is 14.5 Å². The Hall–Kier alpha value is -1.74. The molecule has 9 heteroatoms. The summed E-state index contributed by atoms with van der Waals surface area (Å²) in [4.78, 5) is 11.9. The average molecular weight is 319 g/mol. The van der Waals surface area contributed by atoms with Crippen LogP contribution in [0.1, 0.15) is 23.2 Å². The lowest BCUT2D eigenvalue weighted by Crippen LogP contribution is -2.43. The second kappa shape index (κ2) is 5.94. The number of benzene rings is 1. The van der Waals surface area contributed by atoms with Gasteiger partial charge in [-0.25, -0.2) is 17.2 Å². The Labute approximate surface area is 120 Å². The van der Waals surface area contributed by atoms with Crippen LogP contribution in [-0.4, -0.2) is 31.9 Å². The molecule has 1 aliphatic rings. The summed E-state index contributed by atoms with van der Waals surface area (Å²) in [5, 5.41) is 2.48. The molecule has 21 heavy (non-hydrogen) atoms. The van der Waals surface area contributed by atoms with Crippen molar-refractivity contribution in [2.75, 3.05) is 16.9 Å². The molecule has 0 bridgehead atoms. The molecule has 1 aromatic carbocycles. The largest absolute Gasteiger partial charge is 0.348 e. The fourth-order valence-corrected chi connectivity index (χ4v) is 3.88. The normalized spacial score (nSPS) is 20.8. The Balaban J connectivity index is 2.14. The number of nitrogens with two attached hydrogens (primary N) is 1. The molecule has 0 aromatic heterocycles. The van der Waals surface area contributed by atoms with Gasteiger partial charge >= 0.3 is 0 Å². The summed E-state index contributed by atoms with van der Waals surface area (Å²) in [6, 6.07) is 1.13. The smallest absolute Gasteiger partial charge is 0.251 e. The van der Waals surface area contributed by atoms with Gasteiger partial charge < -0.3 is 10.7 Å². The zero-order valence-corrected chi connectivity index (χ0v) is 11.8. The third-order valence-electron chi connectivity index (χ3n) is 3.25. The summed E-state index contributed by atoms with van der Waals surface area (Å²) in [6.45, 7) is 0. The zero-order chi connectivity index (χ0) is 15.6. The van der Waals surface area contributed by atoms with Crippen molar-refractivity contribution in [1.82, 2.24) is 5.32 Å². The first kappa shape index (κ1) is 15.6. The van der Waals surface area contributed by atoms with E-state index in [4.69, 9.17) is 5.84 Å². The minimum absolute atomic E-state index is 0.0967. The minimum Gasteiger partial charge on any atom is -0.348 e. The third kappa shape index (κ3) is 3.67. The summed E-state index contributed by atoms with van der Waals surface area (Å²) in [5.74, 6) is 2.17. The van der Waals surface area contributed by atoms with E-state index in [-0.39, 0.29) is 17.1 Å². The summed E-state index contributed by atoms with van der Waals surface area (Å²) < 4.78 is 50.0. The van der Waals surface area contributed by atoms with Gasteiger partial charge in [0.05, 0.1) is 11.5 Å². The molecule has 1 saturated heterocycles. The second-order valence-electron chi connectivity index (χ2n) is 4.89. The molecule has 4 N–H and O–H groups in total. The van der Waals surface area contributed by atoms with Crippen molar-refractivity contribution < 1.29 is 22.0 Å². The highest BCUT2D eigenvalue weighted by molar-refractivity contribution is 7.91. The van der Waals surface area contributed by atoms with Crippen molar-refractivity contribution in [1.29, 1.82) is 0 Å². The number of carbonyl (C=O) groups excluding carboxylic acids is 1. The van der Waals surface area contributed by atoms with Crippen LogP contribution in [0.15, 0.2) is 12.1 Å². The number of hydrogen-bond acceptors (Lipinski definition) is 5. The Morgan fingerprint density at radius 3 is 2.43 bits per heavy atom. The Morgan fingerprint density at radius 2 is 1.90 bits per heavy atom. The molecule has 1 atom stereocenters. The maximum Gasteiger partial charge on any atom is 0.251 e. The third-order valence-corrected chi connectivity index (χ3v) is 5.07. The lowest BCUT2D eigenvalue weighted by Gasteiger charge is -2.23. The minimum atomic E-state index is -3.18. The van der Waals surface area contributed by atoms with Crippen LogP contribution >= 0.6 is 0 Å². The van der Waals surface area contributed by atoms with E-state index in [0.717, 1.165) is 12.1 Å². The highest BCUT2D eigenvalue weighted by Crippen LogP contribution is 2.20. The highest BCUT2D eigenvalue weighted by Gasteiger charge is 2.26. The number of hydrogen-bond donors (Lipinski definition) is 3. The topological polar surface area (TPSA) is 101 Å². The predicted molar refractivity (Wildman–Crippen MR) is 73.3 cm³/mol. The molecule has 1 aliphatic heterocycles. The number of carbonyl (C=O) groups is 1. The van der Waals surface area contributed by atoms with Gasteiger partial charge in [0, 0.05) is 11.6 Å². The molecule has 1 amide bonds. The van der Waals surface area contributed by atoms with Gasteiger partial charge in [-0.15, -0.1) is 0 Å². The Morgan fingerprint density at radius 1 is 1.29 bits per heavy atom. The molecule has 1 unspecified atom stereocenters.